The minimum Gasteiger partial charge on any atom is -0.364 e. The van der Waals surface area contributed by atoms with E-state index in [0.29, 0.717) is 18.6 Å². The molecule has 7 N–H and O–H groups in total. The van der Waals surface area contributed by atoms with Crippen LogP contribution in [0.25, 0.3) is 0 Å². The smallest absolute Gasteiger partial charge is 0.271 e. The Balaban J connectivity index is 2.22. The number of rotatable bonds is 6. The molecule has 11 heteroatoms. The van der Waals surface area contributed by atoms with Crippen molar-refractivity contribution in [1.29, 1.82) is 5.41 Å². The lowest BCUT2D eigenvalue weighted by molar-refractivity contribution is -0.0554. The monoisotopic (exact) mass is 385 g/mol. The van der Waals surface area contributed by atoms with Gasteiger partial charge in [-0.1, -0.05) is 12.2 Å². The third-order valence-electron chi connectivity index (χ3n) is 3.97. The molecule has 1 aliphatic carbocycles. The molecule has 0 bridgehead atoms. The summed E-state index contributed by atoms with van der Waals surface area (Å²) in [7, 11) is 0. The summed E-state index contributed by atoms with van der Waals surface area (Å²) in [5.41, 5.74) is 11.1. The highest BCUT2D eigenvalue weighted by atomic mass is 32.1. The zero-order chi connectivity index (χ0) is 19.5. The molecule has 2 atom stereocenters. The van der Waals surface area contributed by atoms with Crippen molar-refractivity contribution >= 4 is 40.5 Å². The molecule has 0 radical (unpaired) electrons. The average Bonchev–Trinajstić information content (AvgIpc) is 2.51. The highest BCUT2D eigenvalue weighted by Crippen LogP contribution is 2.33. The van der Waals surface area contributed by atoms with Gasteiger partial charge in [-0.2, -0.15) is 0 Å². The lowest BCUT2D eigenvalue weighted by atomic mass is 9.87. The van der Waals surface area contributed by atoms with E-state index in [0.717, 1.165) is 0 Å². The number of carbonyl (C=O) groups excluding carboxylic acids is 1. The topological polar surface area (TPSA) is 143 Å². The van der Waals surface area contributed by atoms with Gasteiger partial charge in [0, 0.05) is 24.6 Å². The predicted molar refractivity (Wildman–Crippen MR) is 99.0 cm³/mol. The third kappa shape index (κ3) is 4.88. The van der Waals surface area contributed by atoms with Crippen molar-refractivity contribution in [2.45, 2.75) is 50.6 Å². The van der Waals surface area contributed by atoms with Crippen molar-refractivity contribution in [2.75, 3.05) is 10.6 Å². The summed E-state index contributed by atoms with van der Waals surface area (Å²) in [4.78, 5) is 19.9. The number of nitrogens with zero attached hydrogens (tertiary/aromatic N) is 2. The molecule has 1 amide bonds. The molecular formula is C15H21F2N7OS. The first-order chi connectivity index (χ1) is 12.1. The van der Waals surface area contributed by atoms with E-state index >= 15 is 0 Å². The summed E-state index contributed by atoms with van der Waals surface area (Å²) in [6.45, 7) is 1.58. The van der Waals surface area contributed by atoms with Gasteiger partial charge in [0.25, 0.3) is 11.8 Å². The first-order valence-corrected chi connectivity index (χ1v) is 8.41. The van der Waals surface area contributed by atoms with E-state index in [9.17, 15) is 13.6 Å². The van der Waals surface area contributed by atoms with Gasteiger partial charge in [0.05, 0.1) is 17.2 Å². The Morgan fingerprint density at radius 1 is 1.54 bits per heavy atom. The second-order valence-electron chi connectivity index (χ2n) is 6.25. The van der Waals surface area contributed by atoms with Gasteiger partial charge in [0.2, 0.25) is 0 Å². The maximum absolute atomic E-state index is 13.8. The Bertz CT molecular complexity index is 728. The molecule has 1 saturated carbocycles. The number of carbonyl (C=O) groups is 1. The molecule has 0 aromatic carbocycles. The molecule has 0 spiro atoms. The molecule has 0 saturated heterocycles. The van der Waals surface area contributed by atoms with Crippen LogP contribution >= 0.6 is 12.2 Å². The fraction of sp³-hybridized carbons (Fsp3) is 0.533. The standard InChI is InChI=1S/C15H21F2N7OS/c1-7(18)5-10(26)24-14-11(13(20)25)21-6-9(23-14)22-8-3-2-4-15(16,17)12(8)19/h6,8,12,18H,2-5,19H2,1H3,(H2,20,25)(H2,22,23,24,26). The zero-order valence-corrected chi connectivity index (χ0v) is 15.0. The van der Waals surface area contributed by atoms with Crippen molar-refractivity contribution in [2.24, 2.45) is 11.5 Å². The molecule has 0 aliphatic heterocycles. The van der Waals surface area contributed by atoms with Crippen LogP contribution < -0.4 is 22.1 Å². The van der Waals surface area contributed by atoms with Crippen LogP contribution in [0.1, 0.15) is 43.1 Å². The number of nitrogens with one attached hydrogen (secondary N) is 3. The largest absolute Gasteiger partial charge is 0.364 e. The van der Waals surface area contributed by atoms with Gasteiger partial charge in [0.1, 0.15) is 5.82 Å². The van der Waals surface area contributed by atoms with Crippen LogP contribution in [0, 0.1) is 5.41 Å². The van der Waals surface area contributed by atoms with Gasteiger partial charge in [-0.05, 0) is 19.8 Å². The van der Waals surface area contributed by atoms with E-state index in [4.69, 9.17) is 29.1 Å². The SMILES string of the molecule is CC(=N)CC(=S)Nc1nc(NC2CCCC(F)(F)C2N)cnc1C(N)=O. The Morgan fingerprint density at radius 3 is 2.85 bits per heavy atom. The van der Waals surface area contributed by atoms with Gasteiger partial charge in [0.15, 0.2) is 11.5 Å². The second-order valence-corrected chi connectivity index (χ2v) is 6.74. The van der Waals surface area contributed by atoms with Gasteiger partial charge in [-0.3, -0.25) is 4.79 Å². The summed E-state index contributed by atoms with van der Waals surface area (Å²) in [6.07, 6.45) is 1.95. The highest BCUT2D eigenvalue weighted by molar-refractivity contribution is 7.80. The summed E-state index contributed by atoms with van der Waals surface area (Å²) >= 11 is 5.10. The number of anilines is 2. The molecule has 1 aromatic heterocycles. The summed E-state index contributed by atoms with van der Waals surface area (Å²) in [5, 5.41) is 13.0. The first-order valence-electron chi connectivity index (χ1n) is 8.01. The molecule has 26 heavy (non-hydrogen) atoms. The highest BCUT2D eigenvalue weighted by Gasteiger charge is 2.44. The molecule has 8 nitrogen and oxygen atoms in total. The van der Waals surface area contributed by atoms with Crippen molar-refractivity contribution in [3.05, 3.63) is 11.9 Å². The van der Waals surface area contributed by atoms with Crippen molar-refractivity contribution in [1.82, 2.24) is 9.97 Å². The van der Waals surface area contributed by atoms with Crippen molar-refractivity contribution in [3.8, 4) is 0 Å². The van der Waals surface area contributed by atoms with E-state index in [-0.39, 0.29) is 35.2 Å². The molecular weight excluding hydrogens is 364 g/mol. The quantitative estimate of drug-likeness (QED) is 0.370. The van der Waals surface area contributed by atoms with Crippen molar-refractivity contribution < 1.29 is 13.6 Å². The number of aromatic nitrogens is 2. The Hall–Kier alpha value is -2.27. The molecule has 1 fully saturated rings. The second kappa shape index (κ2) is 7.96. The number of nitrogens with two attached hydrogens (primary N) is 2. The molecule has 2 unspecified atom stereocenters. The van der Waals surface area contributed by atoms with Crippen LogP contribution in [-0.2, 0) is 0 Å². The van der Waals surface area contributed by atoms with Gasteiger partial charge >= 0.3 is 0 Å². The number of halogens is 2. The average molecular weight is 385 g/mol. The third-order valence-corrected chi connectivity index (χ3v) is 4.22. The summed E-state index contributed by atoms with van der Waals surface area (Å²) in [5.74, 6) is -3.60. The van der Waals surface area contributed by atoms with E-state index in [1.165, 1.54) is 6.20 Å². The van der Waals surface area contributed by atoms with Crippen LogP contribution in [-0.4, -0.2) is 44.6 Å². The number of primary amides is 1. The van der Waals surface area contributed by atoms with Crippen molar-refractivity contribution in [3.63, 3.8) is 0 Å². The van der Waals surface area contributed by atoms with Crippen LogP contribution in [0.5, 0.6) is 0 Å². The van der Waals surface area contributed by atoms with Crippen LogP contribution in [0.15, 0.2) is 6.20 Å². The lowest BCUT2D eigenvalue weighted by Crippen LogP contribution is -2.55. The van der Waals surface area contributed by atoms with E-state index in [1.54, 1.807) is 6.92 Å². The molecule has 2 rings (SSSR count). The molecule has 1 heterocycles. The van der Waals surface area contributed by atoms with Crippen LogP contribution in [0.4, 0.5) is 20.4 Å². The van der Waals surface area contributed by atoms with Gasteiger partial charge < -0.3 is 27.5 Å². The van der Waals surface area contributed by atoms with Crippen LogP contribution in [0.2, 0.25) is 0 Å². The molecule has 1 aromatic rings. The van der Waals surface area contributed by atoms with E-state index in [2.05, 4.69) is 20.6 Å². The van der Waals surface area contributed by atoms with Gasteiger partial charge in [-0.25, -0.2) is 18.7 Å². The lowest BCUT2D eigenvalue weighted by Gasteiger charge is -2.36. The maximum Gasteiger partial charge on any atom is 0.271 e. The fourth-order valence-corrected chi connectivity index (χ4v) is 3.01. The fourth-order valence-electron chi connectivity index (χ4n) is 2.69. The summed E-state index contributed by atoms with van der Waals surface area (Å²) < 4.78 is 27.6. The Kier molecular flexibility index (Phi) is 6.13. The predicted octanol–water partition coefficient (Wildman–Crippen LogP) is 1.67. The normalized spacial score (nSPS) is 21.7. The number of alkyl halides is 2. The first kappa shape index (κ1) is 20.0. The maximum atomic E-state index is 13.8. The van der Waals surface area contributed by atoms with E-state index < -0.39 is 23.9 Å². The minimum atomic E-state index is -2.96. The summed E-state index contributed by atoms with van der Waals surface area (Å²) in [6, 6.07) is -2.04. The Labute approximate surface area is 154 Å². The van der Waals surface area contributed by atoms with Crippen LogP contribution in [0.3, 0.4) is 0 Å². The zero-order valence-electron chi connectivity index (χ0n) is 14.2. The minimum absolute atomic E-state index is 0.00453. The number of hydrogen-bond donors (Lipinski definition) is 5. The van der Waals surface area contributed by atoms with E-state index in [1.807, 2.05) is 0 Å². The number of amides is 1. The number of hydrogen-bond acceptors (Lipinski definition) is 7. The number of thiocarbonyl (C=S) groups is 1. The Morgan fingerprint density at radius 2 is 2.23 bits per heavy atom. The van der Waals surface area contributed by atoms with Gasteiger partial charge in [-0.15, -0.1) is 0 Å². The molecule has 1 aliphatic rings. The molecule has 142 valence electrons.